The Balaban J connectivity index is 1.31. The largest absolute Gasteiger partial charge is 0.374 e. The summed E-state index contributed by atoms with van der Waals surface area (Å²) in [6.45, 7) is 0.0302. The minimum atomic E-state index is 0.0302. The predicted molar refractivity (Wildman–Crippen MR) is 220 cm³/mol. The van der Waals surface area contributed by atoms with Gasteiger partial charge in [0.15, 0.2) is 0 Å². The Bertz CT molecular complexity index is 3080. The third-order valence-electron chi connectivity index (χ3n) is 11.5. The van der Waals surface area contributed by atoms with Crippen molar-refractivity contribution in [1.82, 2.24) is 9.13 Å². The van der Waals surface area contributed by atoms with Crippen LogP contribution in [0.3, 0.4) is 0 Å². The summed E-state index contributed by atoms with van der Waals surface area (Å²) in [5, 5.41) is 5.09. The van der Waals surface area contributed by atoms with Crippen LogP contribution in [0.1, 0.15) is 0 Å². The highest BCUT2D eigenvalue weighted by Gasteiger charge is 2.43. The molecule has 8 aromatic carbocycles. The molecule has 10 aromatic rings. The van der Waals surface area contributed by atoms with E-state index in [-0.39, 0.29) is 6.85 Å². The highest BCUT2D eigenvalue weighted by atomic mass is 15.1. The smallest absolute Gasteiger partial charge is 0.329 e. The van der Waals surface area contributed by atoms with E-state index in [0.29, 0.717) is 0 Å². The Morgan fingerprint density at radius 2 is 0.885 bits per heavy atom. The molecule has 3 nitrogen and oxygen atoms in total. The SMILES string of the molecule is c1ccc(-n2c3ccccc3c3c4c5ccc6c(c5n(-c5ccccc5)c4ccc32)N2B(c3ccccc3-c3ccccc32)c2ccccc2-6)cc1. The first-order chi connectivity index (χ1) is 25.9. The number of fused-ring (bicyclic) bond motifs is 19. The van der Waals surface area contributed by atoms with E-state index in [0.717, 1.165) is 5.69 Å². The molecule has 0 aliphatic carbocycles. The van der Waals surface area contributed by atoms with Crippen LogP contribution >= 0.6 is 0 Å². The van der Waals surface area contributed by atoms with Crippen molar-refractivity contribution in [2.45, 2.75) is 0 Å². The molecule has 0 unspecified atom stereocenters. The number of aromatic nitrogens is 2. The second kappa shape index (κ2) is 10.4. The van der Waals surface area contributed by atoms with Gasteiger partial charge in [0.05, 0.1) is 27.8 Å². The third kappa shape index (κ3) is 3.56. The van der Waals surface area contributed by atoms with Crippen LogP contribution < -0.4 is 15.7 Å². The zero-order valence-corrected chi connectivity index (χ0v) is 28.2. The fourth-order valence-corrected chi connectivity index (χ4v) is 9.51. The Hall–Kier alpha value is -6.78. The molecule has 240 valence electrons. The highest BCUT2D eigenvalue weighted by molar-refractivity contribution is 6.92. The molecular weight excluding hydrogens is 629 g/mol. The first-order valence-corrected chi connectivity index (χ1v) is 18.1. The van der Waals surface area contributed by atoms with Gasteiger partial charge in [-0.15, -0.1) is 0 Å². The Labute approximate surface area is 301 Å². The van der Waals surface area contributed by atoms with Gasteiger partial charge < -0.3 is 13.9 Å². The lowest BCUT2D eigenvalue weighted by molar-refractivity contribution is 1.17. The van der Waals surface area contributed by atoms with Crippen LogP contribution in [-0.4, -0.2) is 16.0 Å². The van der Waals surface area contributed by atoms with Gasteiger partial charge in [-0.05, 0) is 70.6 Å². The quantitative estimate of drug-likeness (QED) is 0.168. The van der Waals surface area contributed by atoms with E-state index in [2.05, 4.69) is 196 Å². The number of hydrogen-bond donors (Lipinski definition) is 0. The van der Waals surface area contributed by atoms with Gasteiger partial charge >= 0.3 is 6.85 Å². The second-order valence-electron chi connectivity index (χ2n) is 14.0. The van der Waals surface area contributed by atoms with Crippen LogP contribution in [0.2, 0.25) is 0 Å². The van der Waals surface area contributed by atoms with E-state index >= 15 is 0 Å². The highest BCUT2D eigenvalue weighted by Crippen LogP contribution is 2.52. The number of benzene rings is 8. The molecule has 0 atom stereocenters. The van der Waals surface area contributed by atoms with Crippen LogP contribution in [0.5, 0.6) is 0 Å². The Morgan fingerprint density at radius 3 is 1.62 bits per heavy atom. The summed E-state index contributed by atoms with van der Waals surface area (Å²) in [5.41, 5.74) is 17.5. The first-order valence-electron chi connectivity index (χ1n) is 18.1. The number of rotatable bonds is 2. The van der Waals surface area contributed by atoms with Gasteiger partial charge in [0.2, 0.25) is 0 Å². The van der Waals surface area contributed by atoms with Crippen LogP contribution in [0.25, 0.3) is 77.2 Å². The standard InChI is InChI=1S/C48H30BN3/c1-3-15-31(16-4-1)50-41-25-13-10-22-37(41)45-43(50)29-30-44-46(45)38-28-27-36-34-20-8-12-24-40(34)49-39-23-11-7-19-33(39)35-21-9-14-26-42(35)52(49)48(36)47(38)51(44)32-17-5-2-6-18-32/h1-30H. The maximum Gasteiger partial charge on any atom is 0.329 e. The monoisotopic (exact) mass is 659 g/mol. The van der Waals surface area contributed by atoms with Crippen molar-refractivity contribution in [3.63, 3.8) is 0 Å². The molecule has 0 spiro atoms. The van der Waals surface area contributed by atoms with E-state index in [1.807, 2.05) is 0 Å². The third-order valence-corrected chi connectivity index (χ3v) is 11.5. The molecule has 0 saturated carbocycles. The van der Waals surface area contributed by atoms with Crippen molar-refractivity contribution in [3.05, 3.63) is 182 Å². The summed E-state index contributed by atoms with van der Waals surface area (Å²) in [6, 6.07) is 67.1. The normalized spacial score (nSPS) is 12.9. The van der Waals surface area contributed by atoms with Crippen molar-refractivity contribution in [2.75, 3.05) is 4.81 Å². The topological polar surface area (TPSA) is 13.1 Å². The minimum absolute atomic E-state index is 0.0302. The van der Waals surface area contributed by atoms with Crippen molar-refractivity contribution in [1.29, 1.82) is 0 Å². The zero-order chi connectivity index (χ0) is 33.9. The van der Waals surface area contributed by atoms with Crippen molar-refractivity contribution in [3.8, 4) is 33.6 Å². The maximum absolute atomic E-state index is 2.65. The van der Waals surface area contributed by atoms with Crippen LogP contribution in [0.4, 0.5) is 11.4 Å². The molecule has 0 N–H and O–H groups in total. The molecule has 0 fully saturated rings. The predicted octanol–water partition coefficient (Wildman–Crippen LogP) is 10.8. The average Bonchev–Trinajstić information content (AvgIpc) is 3.74. The Kier molecular flexibility index (Phi) is 5.58. The van der Waals surface area contributed by atoms with Crippen LogP contribution in [0, 0.1) is 0 Å². The molecule has 2 aliphatic heterocycles. The first kappa shape index (κ1) is 28.0. The molecule has 0 amide bonds. The molecule has 0 saturated heterocycles. The minimum Gasteiger partial charge on any atom is -0.374 e. The van der Waals surface area contributed by atoms with Gasteiger partial charge in [0.25, 0.3) is 0 Å². The van der Waals surface area contributed by atoms with Crippen molar-refractivity contribution in [2.24, 2.45) is 0 Å². The molecule has 2 aromatic heterocycles. The lowest BCUT2D eigenvalue weighted by Gasteiger charge is -2.43. The van der Waals surface area contributed by atoms with E-state index < -0.39 is 0 Å². The van der Waals surface area contributed by atoms with Gasteiger partial charge in [0.1, 0.15) is 0 Å². The van der Waals surface area contributed by atoms with Gasteiger partial charge in [-0.2, -0.15) is 0 Å². The summed E-state index contributed by atoms with van der Waals surface area (Å²) < 4.78 is 4.96. The van der Waals surface area contributed by atoms with E-state index in [1.54, 1.807) is 0 Å². The zero-order valence-electron chi connectivity index (χ0n) is 28.2. The van der Waals surface area contributed by atoms with Crippen molar-refractivity contribution >= 4 is 72.8 Å². The number of anilines is 2. The van der Waals surface area contributed by atoms with E-state index in [9.17, 15) is 0 Å². The molecule has 2 aliphatic rings. The molecular formula is C48H30BN3. The van der Waals surface area contributed by atoms with Crippen molar-refractivity contribution < 1.29 is 0 Å². The number of nitrogens with zero attached hydrogens (tertiary/aromatic N) is 3. The van der Waals surface area contributed by atoms with E-state index in [4.69, 9.17) is 0 Å². The summed E-state index contributed by atoms with van der Waals surface area (Å²) in [5.74, 6) is 0. The van der Waals surface area contributed by atoms with Gasteiger partial charge in [-0.1, -0.05) is 133 Å². The fourth-order valence-electron chi connectivity index (χ4n) is 9.51. The molecule has 4 heteroatoms. The van der Waals surface area contributed by atoms with Gasteiger partial charge in [-0.3, -0.25) is 0 Å². The summed E-state index contributed by atoms with van der Waals surface area (Å²) in [6.07, 6.45) is 0. The fraction of sp³-hybridized carbons (Fsp3) is 0. The van der Waals surface area contributed by atoms with Crippen LogP contribution in [-0.2, 0) is 0 Å². The molecule has 0 bridgehead atoms. The number of hydrogen-bond acceptors (Lipinski definition) is 1. The van der Waals surface area contributed by atoms with Gasteiger partial charge in [0, 0.05) is 49.7 Å². The summed E-state index contributed by atoms with van der Waals surface area (Å²) >= 11 is 0. The lowest BCUT2D eigenvalue weighted by atomic mass is 9.43. The molecule has 12 rings (SSSR count). The molecule has 0 radical (unpaired) electrons. The maximum atomic E-state index is 2.65. The second-order valence-corrected chi connectivity index (χ2v) is 14.0. The lowest BCUT2D eigenvalue weighted by Crippen LogP contribution is -2.59. The average molecular weight is 660 g/mol. The number of para-hydroxylation sites is 4. The van der Waals surface area contributed by atoms with Gasteiger partial charge in [-0.25, -0.2) is 0 Å². The summed E-state index contributed by atoms with van der Waals surface area (Å²) in [4.78, 5) is 2.65. The Morgan fingerprint density at radius 1 is 0.346 bits per heavy atom. The summed E-state index contributed by atoms with van der Waals surface area (Å²) in [7, 11) is 0. The molecule has 4 heterocycles. The van der Waals surface area contributed by atoms with E-state index in [1.165, 1.54) is 93.9 Å². The molecule has 52 heavy (non-hydrogen) atoms. The van der Waals surface area contributed by atoms with Crippen LogP contribution in [0.15, 0.2) is 182 Å².